The van der Waals surface area contributed by atoms with Gasteiger partial charge in [-0.25, -0.2) is 5.43 Å². The summed E-state index contributed by atoms with van der Waals surface area (Å²) in [5.41, 5.74) is 4.27. The third-order valence-electron chi connectivity index (χ3n) is 3.96. The Bertz CT molecular complexity index is 1000. The molecule has 1 aromatic heterocycles. The molecule has 0 aliphatic heterocycles. The molecule has 150 valence electrons. The van der Waals surface area contributed by atoms with E-state index >= 15 is 0 Å². The third-order valence-corrected chi connectivity index (χ3v) is 5.18. The van der Waals surface area contributed by atoms with Crippen LogP contribution >= 0.6 is 23.4 Å². The molecule has 0 aliphatic rings. The number of halogens is 1. The van der Waals surface area contributed by atoms with Crippen molar-refractivity contribution in [2.75, 3.05) is 12.9 Å². The van der Waals surface area contributed by atoms with Crippen molar-refractivity contribution in [1.29, 1.82) is 0 Å². The van der Waals surface area contributed by atoms with Gasteiger partial charge in [0.15, 0.2) is 11.0 Å². The first-order valence-electron chi connectivity index (χ1n) is 8.88. The zero-order valence-corrected chi connectivity index (χ0v) is 17.6. The van der Waals surface area contributed by atoms with Gasteiger partial charge in [0.2, 0.25) is 0 Å². The van der Waals surface area contributed by atoms with E-state index in [2.05, 4.69) is 20.7 Å². The summed E-state index contributed by atoms with van der Waals surface area (Å²) in [5, 5.41) is 13.8. The summed E-state index contributed by atoms with van der Waals surface area (Å²) in [6.45, 7) is 2.69. The van der Waals surface area contributed by atoms with E-state index in [9.17, 15) is 4.79 Å². The van der Waals surface area contributed by atoms with E-state index in [-0.39, 0.29) is 11.7 Å². The summed E-state index contributed by atoms with van der Waals surface area (Å²) in [4.78, 5) is 12.1. The molecule has 0 fully saturated rings. The smallest absolute Gasteiger partial charge is 0.250 e. The molecular formula is C20H20ClN5O2S. The summed E-state index contributed by atoms with van der Waals surface area (Å²) in [5.74, 6) is 1.41. The van der Waals surface area contributed by atoms with E-state index in [1.165, 1.54) is 11.8 Å². The molecule has 9 heteroatoms. The van der Waals surface area contributed by atoms with Crippen LogP contribution < -0.4 is 10.2 Å². The highest BCUT2D eigenvalue weighted by Crippen LogP contribution is 2.25. The van der Waals surface area contributed by atoms with Crippen molar-refractivity contribution in [3.8, 4) is 17.1 Å². The summed E-state index contributed by atoms with van der Waals surface area (Å²) < 4.78 is 7.12. The Balaban J connectivity index is 1.58. The van der Waals surface area contributed by atoms with Gasteiger partial charge in [-0.15, -0.1) is 10.2 Å². The van der Waals surface area contributed by atoms with E-state index in [1.54, 1.807) is 13.3 Å². The second-order valence-corrected chi connectivity index (χ2v) is 7.29. The molecule has 0 spiro atoms. The molecule has 3 aromatic rings. The van der Waals surface area contributed by atoms with Gasteiger partial charge in [-0.1, -0.05) is 35.5 Å². The zero-order chi connectivity index (χ0) is 20.6. The number of hydrogen-bond donors (Lipinski definition) is 1. The predicted molar refractivity (Wildman–Crippen MR) is 116 cm³/mol. The molecule has 1 N–H and O–H groups in total. The van der Waals surface area contributed by atoms with Crippen LogP contribution in [-0.2, 0) is 11.3 Å². The van der Waals surface area contributed by atoms with E-state index in [1.807, 2.05) is 60.0 Å². The topological polar surface area (TPSA) is 81.4 Å². The van der Waals surface area contributed by atoms with Gasteiger partial charge in [-0.2, -0.15) is 5.10 Å². The number of nitrogens with zero attached hydrogens (tertiary/aromatic N) is 4. The number of aromatic nitrogens is 3. The van der Waals surface area contributed by atoms with Gasteiger partial charge in [0.1, 0.15) is 5.75 Å². The first-order chi connectivity index (χ1) is 14.1. The van der Waals surface area contributed by atoms with Crippen molar-refractivity contribution < 1.29 is 9.53 Å². The molecule has 0 radical (unpaired) electrons. The van der Waals surface area contributed by atoms with Crippen molar-refractivity contribution in [3.05, 3.63) is 59.1 Å². The molecule has 1 heterocycles. The lowest BCUT2D eigenvalue weighted by Crippen LogP contribution is -2.20. The minimum absolute atomic E-state index is 0.175. The maximum absolute atomic E-state index is 12.1. The van der Waals surface area contributed by atoms with Crippen LogP contribution in [0.2, 0.25) is 5.02 Å². The van der Waals surface area contributed by atoms with Gasteiger partial charge in [0.05, 0.1) is 19.1 Å². The highest BCUT2D eigenvalue weighted by molar-refractivity contribution is 7.99. The van der Waals surface area contributed by atoms with Crippen molar-refractivity contribution in [2.24, 2.45) is 5.10 Å². The number of thioether (sulfide) groups is 1. The Morgan fingerprint density at radius 2 is 2.07 bits per heavy atom. The third kappa shape index (κ3) is 5.58. The van der Waals surface area contributed by atoms with Gasteiger partial charge in [0.25, 0.3) is 5.91 Å². The number of benzene rings is 2. The molecule has 0 saturated heterocycles. The highest BCUT2D eigenvalue weighted by Gasteiger charge is 2.14. The fourth-order valence-electron chi connectivity index (χ4n) is 2.56. The Morgan fingerprint density at radius 1 is 1.28 bits per heavy atom. The molecule has 0 saturated carbocycles. The lowest BCUT2D eigenvalue weighted by atomic mass is 10.2. The van der Waals surface area contributed by atoms with Crippen LogP contribution in [-0.4, -0.2) is 39.7 Å². The maximum Gasteiger partial charge on any atom is 0.250 e. The summed E-state index contributed by atoms with van der Waals surface area (Å²) in [7, 11) is 1.60. The molecule has 2 aromatic carbocycles. The van der Waals surface area contributed by atoms with Crippen molar-refractivity contribution in [3.63, 3.8) is 0 Å². The quantitative estimate of drug-likeness (QED) is 0.334. The Hall–Kier alpha value is -2.84. The van der Waals surface area contributed by atoms with Crippen molar-refractivity contribution >= 4 is 35.5 Å². The van der Waals surface area contributed by atoms with Crippen LogP contribution in [0.5, 0.6) is 5.75 Å². The molecule has 0 bridgehead atoms. The number of hydrogen-bond acceptors (Lipinski definition) is 6. The monoisotopic (exact) mass is 429 g/mol. The average Bonchev–Trinajstić information content (AvgIpc) is 3.16. The molecule has 0 atom stereocenters. The van der Waals surface area contributed by atoms with Gasteiger partial charge in [0, 0.05) is 17.1 Å². The minimum Gasteiger partial charge on any atom is -0.497 e. The first kappa shape index (κ1) is 20.9. The van der Waals surface area contributed by atoms with E-state index in [0.29, 0.717) is 16.7 Å². The SMILES string of the molecule is CCn1c(SCC(=O)N/N=C\c2cccc(OC)c2)nnc1-c1ccc(Cl)cc1. The molecule has 29 heavy (non-hydrogen) atoms. The zero-order valence-electron chi connectivity index (χ0n) is 16.0. The van der Waals surface area contributed by atoms with E-state index in [0.717, 1.165) is 22.7 Å². The minimum atomic E-state index is -0.229. The maximum atomic E-state index is 12.1. The van der Waals surface area contributed by atoms with E-state index < -0.39 is 0 Å². The number of amides is 1. The van der Waals surface area contributed by atoms with Crippen molar-refractivity contribution in [1.82, 2.24) is 20.2 Å². The summed E-state index contributed by atoms with van der Waals surface area (Å²) in [6.07, 6.45) is 1.57. The number of ether oxygens (including phenoxy) is 1. The normalized spacial score (nSPS) is 11.0. The van der Waals surface area contributed by atoms with Gasteiger partial charge in [-0.05, 0) is 48.9 Å². The van der Waals surface area contributed by atoms with E-state index in [4.69, 9.17) is 16.3 Å². The first-order valence-corrected chi connectivity index (χ1v) is 10.2. The predicted octanol–water partition coefficient (Wildman–Crippen LogP) is 3.87. The molecular weight excluding hydrogens is 410 g/mol. The Morgan fingerprint density at radius 3 is 2.79 bits per heavy atom. The lowest BCUT2D eigenvalue weighted by Gasteiger charge is -2.07. The summed E-state index contributed by atoms with van der Waals surface area (Å²) >= 11 is 7.26. The van der Waals surface area contributed by atoms with Gasteiger partial charge < -0.3 is 9.30 Å². The Kier molecular flexibility index (Phi) is 7.26. The van der Waals surface area contributed by atoms with Crippen LogP contribution in [0.3, 0.4) is 0 Å². The number of carbonyl (C=O) groups excluding carboxylic acids is 1. The van der Waals surface area contributed by atoms with Crippen LogP contribution in [0, 0.1) is 0 Å². The number of nitrogens with one attached hydrogen (secondary N) is 1. The van der Waals surface area contributed by atoms with Crippen LogP contribution in [0.1, 0.15) is 12.5 Å². The lowest BCUT2D eigenvalue weighted by molar-refractivity contribution is -0.118. The second-order valence-electron chi connectivity index (χ2n) is 5.92. The number of rotatable bonds is 8. The van der Waals surface area contributed by atoms with Crippen LogP contribution in [0.25, 0.3) is 11.4 Å². The number of carbonyl (C=O) groups is 1. The molecule has 7 nitrogen and oxygen atoms in total. The van der Waals surface area contributed by atoms with Gasteiger partial charge >= 0.3 is 0 Å². The molecule has 0 unspecified atom stereocenters. The number of hydrazone groups is 1. The average molecular weight is 430 g/mol. The molecule has 3 rings (SSSR count). The largest absolute Gasteiger partial charge is 0.497 e. The number of methoxy groups -OCH3 is 1. The van der Waals surface area contributed by atoms with Crippen molar-refractivity contribution in [2.45, 2.75) is 18.6 Å². The Labute approximate surface area is 178 Å². The van der Waals surface area contributed by atoms with Crippen LogP contribution in [0.15, 0.2) is 58.8 Å². The fraction of sp³-hybridized carbons (Fsp3) is 0.200. The molecule has 1 amide bonds. The second kappa shape index (κ2) is 10.1. The standard InChI is InChI=1S/C20H20ClN5O2S/c1-3-26-19(15-7-9-16(21)10-8-15)24-25-20(26)29-13-18(27)23-22-12-14-5-4-6-17(11-14)28-2/h4-12H,3,13H2,1-2H3,(H,23,27)/b22-12-. The fourth-order valence-corrected chi connectivity index (χ4v) is 3.48. The van der Waals surface area contributed by atoms with Crippen LogP contribution in [0.4, 0.5) is 0 Å². The summed E-state index contributed by atoms with van der Waals surface area (Å²) in [6, 6.07) is 14.8. The van der Waals surface area contributed by atoms with Gasteiger partial charge in [-0.3, -0.25) is 4.79 Å². The highest BCUT2D eigenvalue weighted by atomic mass is 35.5. The molecule has 0 aliphatic carbocycles.